The van der Waals surface area contributed by atoms with Crippen molar-refractivity contribution in [2.75, 3.05) is 0 Å². The van der Waals surface area contributed by atoms with Crippen molar-refractivity contribution >= 4 is 21.9 Å². The van der Waals surface area contributed by atoms with Gasteiger partial charge in [0.1, 0.15) is 11.2 Å². The van der Waals surface area contributed by atoms with Gasteiger partial charge >= 0.3 is 0 Å². The largest absolute Gasteiger partial charge is 0.455 e. The number of rotatable bonds is 1. The third kappa shape index (κ3) is 1.56. The molecular weight excluding hydrogens is 244 g/mol. The van der Waals surface area contributed by atoms with Crippen LogP contribution in [-0.4, -0.2) is 0 Å². The fourth-order valence-corrected chi connectivity index (χ4v) is 2.69. The standard InChI is InChI=1S/C19H14O/c1-13-11-12-16-15-9-5-6-10-17(15)20-19(16)18(13)14-7-3-2-4-8-14/h2-12H,1H3/i9D,12D. The second-order valence-electron chi connectivity index (χ2n) is 4.93. The Labute approximate surface area is 120 Å². The normalized spacial score (nSPS) is 12.7. The second kappa shape index (κ2) is 4.24. The van der Waals surface area contributed by atoms with Crippen molar-refractivity contribution in [1.82, 2.24) is 0 Å². The second-order valence-corrected chi connectivity index (χ2v) is 4.93. The Kier molecular flexibility index (Phi) is 1.99. The highest BCUT2D eigenvalue weighted by Crippen LogP contribution is 2.37. The fourth-order valence-electron chi connectivity index (χ4n) is 2.69. The van der Waals surface area contributed by atoms with E-state index >= 15 is 0 Å². The van der Waals surface area contributed by atoms with Gasteiger partial charge in [0.05, 0.1) is 2.74 Å². The molecule has 0 saturated heterocycles. The average molecular weight is 260 g/mol. The molecule has 4 rings (SSSR count). The molecule has 0 aliphatic rings. The van der Waals surface area contributed by atoms with Crippen molar-refractivity contribution < 1.29 is 7.16 Å². The number of hydrogen-bond acceptors (Lipinski definition) is 1. The maximum absolute atomic E-state index is 8.32. The molecule has 20 heavy (non-hydrogen) atoms. The van der Waals surface area contributed by atoms with Crippen LogP contribution in [0.1, 0.15) is 8.30 Å². The maximum Gasteiger partial charge on any atom is 0.143 e. The molecule has 0 bridgehead atoms. The maximum atomic E-state index is 8.32. The molecule has 0 fully saturated rings. The lowest BCUT2D eigenvalue weighted by atomic mass is 9.98. The van der Waals surface area contributed by atoms with Crippen LogP contribution in [0.15, 0.2) is 71.1 Å². The van der Waals surface area contributed by atoms with Gasteiger partial charge in [0, 0.05) is 16.3 Å². The molecule has 1 heterocycles. The molecule has 3 aromatic carbocycles. The van der Waals surface area contributed by atoms with E-state index < -0.39 is 0 Å². The highest BCUT2D eigenvalue weighted by molar-refractivity contribution is 6.10. The van der Waals surface area contributed by atoms with Gasteiger partial charge in [-0.15, -0.1) is 0 Å². The van der Waals surface area contributed by atoms with Gasteiger partial charge in [-0.1, -0.05) is 60.6 Å². The Morgan fingerprint density at radius 2 is 1.65 bits per heavy atom. The van der Waals surface area contributed by atoms with E-state index in [9.17, 15) is 0 Å². The van der Waals surface area contributed by atoms with Crippen LogP contribution in [0.25, 0.3) is 33.1 Å². The van der Waals surface area contributed by atoms with Gasteiger partial charge < -0.3 is 4.42 Å². The molecule has 0 N–H and O–H groups in total. The summed E-state index contributed by atoms with van der Waals surface area (Å²) in [5, 5.41) is 1.45. The lowest BCUT2D eigenvalue weighted by Gasteiger charge is -2.06. The van der Waals surface area contributed by atoms with Gasteiger partial charge in [-0.3, -0.25) is 0 Å². The van der Waals surface area contributed by atoms with Gasteiger partial charge in [0.15, 0.2) is 0 Å². The molecule has 0 unspecified atom stereocenters. The predicted molar refractivity (Wildman–Crippen MR) is 83.9 cm³/mol. The van der Waals surface area contributed by atoms with Crippen LogP contribution in [-0.2, 0) is 0 Å². The number of hydrogen-bond donors (Lipinski definition) is 0. The number of fused-ring (bicyclic) bond motifs is 3. The highest BCUT2D eigenvalue weighted by Gasteiger charge is 2.13. The summed E-state index contributed by atoms with van der Waals surface area (Å²) in [6.45, 7) is 1.99. The van der Waals surface area contributed by atoms with Crippen LogP contribution in [0.5, 0.6) is 0 Å². The van der Waals surface area contributed by atoms with Gasteiger partial charge in [-0.25, -0.2) is 0 Å². The molecule has 0 amide bonds. The molecule has 1 aromatic heterocycles. The van der Waals surface area contributed by atoms with Gasteiger partial charge in [0.25, 0.3) is 0 Å². The molecule has 0 radical (unpaired) electrons. The van der Waals surface area contributed by atoms with Gasteiger partial charge in [0.2, 0.25) is 0 Å². The van der Waals surface area contributed by atoms with Crippen LogP contribution in [0.4, 0.5) is 0 Å². The minimum absolute atomic E-state index is 0.396. The van der Waals surface area contributed by atoms with E-state index in [1.165, 1.54) is 0 Å². The minimum atomic E-state index is 0.396. The number of furan rings is 1. The van der Waals surface area contributed by atoms with Gasteiger partial charge in [-0.2, -0.15) is 0 Å². The molecule has 0 atom stereocenters. The third-order valence-corrected chi connectivity index (χ3v) is 3.62. The van der Waals surface area contributed by atoms with E-state index in [0.29, 0.717) is 23.3 Å². The summed E-state index contributed by atoms with van der Waals surface area (Å²) in [5.74, 6) is 0. The fraction of sp³-hybridized carbons (Fsp3) is 0.0526. The summed E-state index contributed by atoms with van der Waals surface area (Å²) in [7, 11) is 0. The summed E-state index contributed by atoms with van der Waals surface area (Å²) >= 11 is 0. The Balaban J connectivity index is 2.23. The van der Waals surface area contributed by atoms with Crippen molar-refractivity contribution in [2.24, 2.45) is 0 Å². The van der Waals surface area contributed by atoms with Crippen molar-refractivity contribution in [3.63, 3.8) is 0 Å². The van der Waals surface area contributed by atoms with Crippen molar-refractivity contribution in [3.8, 4) is 11.1 Å². The SMILES string of the molecule is [2H]c1cccc2oc3c(-c4ccccc4)c(C)cc([2H])c3c12. The van der Waals surface area contributed by atoms with Crippen LogP contribution >= 0.6 is 0 Å². The van der Waals surface area contributed by atoms with E-state index in [0.717, 1.165) is 27.5 Å². The van der Waals surface area contributed by atoms with E-state index in [1.807, 2.05) is 55.5 Å². The number of para-hydroxylation sites is 1. The molecule has 1 nitrogen and oxygen atoms in total. The van der Waals surface area contributed by atoms with Crippen LogP contribution < -0.4 is 0 Å². The average Bonchev–Trinajstić information content (AvgIpc) is 2.89. The highest BCUT2D eigenvalue weighted by atomic mass is 16.3. The van der Waals surface area contributed by atoms with E-state index in [1.54, 1.807) is 6.07 Å². The summed E-state index contributed by atoms with van der Waals surface area (Å²) in [6, 6.07) is 18.1. The first-order valence-corrected chi connectivity index (χ1v) is 6.64. The zero-order chi connectivity index (χ0) is 15.3. The Morgan fingerprint density at radius 3 is 2.50 bits per heavy atom. The Hall–Kier alpha value is -2.54. The van der Waals surface area contributed by atoms with E-state index in [4.69, 9.17) is 7.16 Å². The summed E-state index contributed by atoms with van der Waals surface area (Å²) in [5.41, 5.74) is 4.44. The van der Waals surface area contributed by atoms with Crippen molar-refractivity contribution in [1.29, 1.82) is 0 Å². The smallest absolute Gasteiger partial charge is 0.143 e. The predicted octanol–water partition coefficient (Wildman–Crippen LogP) is 5.56. The third-order valence-electron chi connectivity index (χ3n) is 3.62. The van der Waals surface area contributed by atoms with Crippen LogP contribution in [0, 0.1) is 6.92 Å². The number of benzene rings is 3. The van der Waals surface area contributed by atoms with Gasteiger partial charge in [-0.05, 0) is 24.1 Å². The lowest BCUT2D eigenvalue weighted by molar-refractivity contribution is 0.669. The molecule has 1 heteroatoms. The van der Waals surface area contributed by atoms with E-state index in [2.05, 4.69) is 0 Å². The summed E-state index contributed by atoms with van der Waals surface area (Å²) < 4.78 is 22.5. The lowest BCUT2D eigenvalue weighted by Crippen LogP contribution is -1.83. The first-order valence-electron chi connectivity index (χ1n) is 7.64. The van der Waals surface area contributed by atoms with Crippen LogP contribution in [0.3, 0.4) is 0 Å². The molecular formula is C19H14O. The topological polar surface area (TPSA) is 13.1 Å². The monoisotopic (exact) mass is 260 g/mol. The first-order chi connectivity index (χ1) is 10.7. The molecule has 0 spiro atoms. The molecule has 96 valence electrons. The molecule has 0 aliphatic heterocycles. The molecule has 0 aliphatic carbocycles. The number of aryl methyl sites for hydroxylation is 1. The zero-order valence-corrected chi connectivity index (χ0v) is 11.1. The van der Waals surface area contributed by atoms with E-state index in [-0.39, 0.29) is 0 Å². The zero-order valence-electron chi connectivity index (χ0n) is 13.1. The Morgan fingerprint density at radius 1 is 0.850 bits per heavy atom. The summed E-state index contributed by atoms with van der Waals surface area (Å²) in [6.07, 6.45) is 0. The van der Waals surface area contributed by atoms with Crippen molar-refractivity contribution in [2.45, 2.75) is 6.92 Å². The van der Waals surface area contributed by atoms with Crippen LogP contribution in [0.2, 0.25) is 0 Å². The summed E-state index contributed by atoms with van der Waals surface area (Å²) in [4.78, 5) is 0. The van der Waals surface area contributed by atoms with Crippen molar-refractivity contribution in [3.05, 3.63) is 72.2 Å². The Bertz CT molecular complexity index is 1000. The quantitative estimate of drug-likeness (QED) is 0.436. The molecule has 4 aromatic rings. The minimum Gasteiger partial charge on any atom is -0.455 e. The first kappa shape index (κ1) is 9.38. The molecule has 0 saturated carbocycles.